The maximum absolute atomic E-state index is 12.9. The van der Waals surface area contributed by atoms with Crippen molar-refractivity contribution in [2.24, 2.45) is 7.05 Å². The number of carbonyl (C=O) groups excluding carboxylic acids is 1. The van der Waals surface area contributed by atoms with E-state index in [1.54, 1.807) is 20.9 Å². The van der Waals surface area contributed by atoms with E-state index in [2.05, 4.69) is 5.10 Å². The lowest BCUT2D eigenvalue weighted by Gasteiger charge is -2.27. The SMILES string of the molecule is COC1CCS(=O)(=O)c2ccc(C(=O)c3c(C)[nH]n(C)c3=O)c(C)c21. The normalized spacial score (nSPS) is 18.8. The van der Waals surface area contributed by atoms with Gasteiger partial charge in [0.15, 0.2) is 9.84 Å². The van der Waals surface area contributed by atoms with E-state index < -0.39 is 21.2 Å². The molecule has 0 saturated carbocycles. The van der Waals surface area contributed by atoms with Crippen LogP contribution in [-0.4, -0.2) is 36.8 Å². The predicted octanol–water partition coefficient (Wildman–Crippen LogP) is 1.43. The first-order chi connectivity index (χ1) is 11.7. The van der Waals surface area contributed by atoms with Crippen LogP contribution in [0.3, 0.4) is 0 Å². The summed E-state index contributed by atoms with van der Waals surface area (Å²) in [5.41, 5.74) is 1.52. The second kappa shape index (κ2) is 5.96. The van der Waals surface area contributed by atoms with Gasteiger partial charge in [-0.25, -0.2) is 8.42 Å². The van der Waals surface area contributed by atoms with E-state index in [1.165, 1.54) is 23.9 Å². The average Bonchev–Trinajstić information content (AvgIpc) is 2.80. The zero-order valence-electron chi connectivity index (χ0n) is 14.5. The second-order valence-corrected chi connectivity index (χ2v) is 8.36. The molecule has 1 atom stereocenters. The van der Waals surface area contributed by atoms with Gasteiger partial charge in [0, 0.05) is 31.0 Å². The van der Waals surface area contributed by atoms with E-state index in [1.807, 2.05) is 0 Å². The van der Waals surface area contributed by atoms with Crippen molar-refractivity contribution in [1.29, 1.82) is 0 Å². The number of sulfone groups is 1. The summed E-state index contributed by atoms with van der Waals surface area (Å²) < 4.78 is 31.4. The van der Waals surface area contributed by atoms with Crippen LogP contribution in [0.15, 0.2) is 21.8 Å². The molecule has 25 heavy (non-hydrogen) atoms. The minimum absolute atomic E-state index is 0.0166. The van der Waals surface area contributed by atoms with Crippen molar-refractivity contribution < 1.29 is 17.9 Å². The number of hydrogen-bond acceptors (Lipinski definition) is 5. The van der Waals surface area contributed by atoms with Gasteiger partial charge in [0.05, 0.1) is 16.8 Å². The van der Waals surface area contributed by atoms with Crippen LogP contribution in [0.25, 0.3) is 0 Å². The molecule has 1 unspecified atom stereocenters. The van der Waals surface area contributed by atoms with Crippen molar-refractivity contribution >= 4 is 15.6 Å². The Hall–Kier alpha value is -2.19. The molecule has 1 aliphatic rings. The summed E-state index contributed by atoms with van der Waals surface area (Å²) in [7, 11) is -0.329. The van der Waals surface area contributed by atoms with Gasteiger partial charge in [-0.1, -0.05) is 0 Å². The third-order valence-corrected chi connectivity index (χ3v) is 6.57. The summed E-state index contributed by atoms with van der Waals surface area (Å²) >= 11 is 0. The number of benzene rings is 1. The fourth-order valence-corrected chi connectivity index (χ4v) is 5.10. The van der Waals surface area contributed by atoms with Gasteiger partial charge in [0.25, 0.3) is 5.56 Å². The molecule has 1 aliphatic heterocycles. The minimum atomic E-state index is -3.39. The molecule has 3 rings (SSSR count). The maximum atomic E-state index is 12.9. The fraction of sp³-hybridized carbons (Fsp3) is 0.412. The van der Waals surface area contributed by atoms with Crippen LogP contribution >= 0.6 is 0 Å². The maximum Gasteiger partial charge on any atom is 0.277 e. The Morgan fingerprint density at radius 1 is 1.32 bits per heavy atom. The number of aryl methyl sites for hydroxylation is 2. The molecule has 134 valence electrons. The van der Waals surface area contributed by atoms with Crippen molar-refractivity contribution in [3.8, 4) is 0 Å². The highest BCUT2D eigenvalue weighted by atomic mass is 32.2. The van der Waals surface area contributed by atoms with E-state index in [-0.39, 0.29) is 22.3 Å². The van der Waals surface area contributed by atoms with Crippen molar-refractivity contribution in [3.63, 3.8) is 0 Å². The van der Waals surface area contributed by atoms with Gasteiger partial charge >= 0.3 is 0 Å². The van der Waals surface area contributed by atoms with Crippen molar-refractivity contribution in [3.05, 3.63) is 50.4 Å². The van der Waals surface area contributed by atoms with E-state index in [9.17, 15) is 18.0 Å². The minimum Gasteiger partial charge on any atom is -0.377 e. The van der Waals surface area contributed by atoms with Gasteiger partial charge < -0.3 is 4.74 Å². The van der Waals surface area contributed by atoms with Crippen molar-refractivity contribution in [2.45, 2.75) is 31.3 Å². The molecule has 2 aromatic rings. The first-order valence-electron chi connectivity index (χ1n) is 7.88. The Morgan fingerprint density at radius 2 is 2.00 bits per heavy atom. The largest absolute Gasteiger partial charge is 0.377 e. The number of ether oxygens (including phenoxy) is 1. The Bertz CT molecular complexity index is 1030. The number of nitrogens with one attached hydrogen (secondary N) is 1. The highest BCUT2D eigenvalue weighted by Gasteiger charge is 2.34. The van der Waals surface area contributed by atoms with Gasteiger partial charge in [-0.15, -0.1) is 0 Å². The van der Waals surface area contributed by atoms with Gasteiger partial charge in [-0.05, 0) is 38.0 Å². The molecule has 2 heterocycles. The van der Waals surface area contributed by atoms with Crippen LogP contribution in [0.2, 0.25) is 0 Å². The Balaban J connectivity index is 2.23. The first kappa shape index (κ1) is 17.6. The molecule has 7 nitrogen and oxygen atoms in total. The topological polar surface area (TPSA) is 98.2 Å². The van der Waals surface area contributed by atoms with Gasteiger partial charge in [0.1, 0.15) is 5.56 Å². The number of hydrogen-bond donors (Lipinski definition) is 1. The number of carbonyl (C=O) groups is 1. The highest BCUT2D eigenvalue weighted by molar-refractivity contribution is 7.91. The third kappa shape index (κ3) is 2.65. The zero-order valence-corrected chi connectivity index (χ0v) is 15.4. The average molecular weight is 364 g/mol. The number of ketones is 1. The summed E-state index contributed by atoms with van der Waals surface area (Å²) in [6.45, 7) is 3.36. The number of fused-ring (bicyclic) bond motifs is 1. The number of H-pyrrole nitrogens is 1. The number of aromatic nitrogens is 2. The smallest absolute Gasteiger partial charge is 0.277 e. The van der Waals surface area contributed by atoms with Gasteiger partial charge in [-0.3, -0.25) is 19.4 Å². The molecule has 0 radical (unpaired) electrons. The lowest BCUT2D eigenvalue weighted by atomic mass is 9.92. The molecule has 0 spiro atoms. The molecule has 0 amide bonds. The molecule has 1 N–H and O–H groups in total. The molecule has 0 aliphatic carbocycles. The first-order valence-corrected chi connectivity index (χ1v) is 9.53. The van der Waals surface area contributed by atoms with E-state index in [0.29, 0.717) is 28.8 Å². The van der Waals surface area contributed by atoms with Crippen LogP contribution in [0.5, 0.6) is 0 Å². The second-order valence-electron chi connectivity index (χ2n) is 6.29. The third-order valence-electron chi connectivity index (χ3n) is 4.77. The summed E-state index contributed by atoms with van der Waals surface area (Å²) in [5, 5.41) is 2.80. The monoisotopic (exact) mass is 364 g/mol. The number of rotatable bonds is 3. The summed E-state index contributed by atoms with van der Waals surface area (Å²) in [6.07, 6.45) is -0.0450. The van der Waals surface area contributed by atoms with Gasteiger partial charge in [0.2, 0.25) is 5.78 Å². The Morgan fingerprint density at radius 3 is 2.56 bits per heavy atom. The van der Waals surface area contributed by atoms with Crippen LogP contribution in [0.4, 0.5) is 0 Å². The van der Waals surface area contributed by atoms with Crippen LogP contribution in [-0.2, 0) is 21.6 Å². The van der Waals surface area contributed by atoms with Crippen molar-refractivity contribution in [1.82, 2.24) is 9.78 Å². The predicted molar refractivity (Wildman–Crippen MR) is 91.8 cm³/mol. The summed E-state index contributed by atoms with van der Waals surface area (Å²) in [4.78, 5) is 25.4. The fourth-order valence-electron chi connectivity index (χ4n) is 3.46. The molecule has 1 aromatic carbocycles. The standard InChI is InChI=1S/C17H20N2O5S/c1-9-11(16(20)15-10(2)18-19(3)17(15)21)5-6-13-14(9)12(24-4)7-8-25(13,22)23/h5-6,12,18H,7-8H2,1-4H3. The Labute approximate surface area is 145 Å². The lowest BCUT2D eigenvalue weighted by molar-refractivity contribution is 0.0952. The van der Waals surface area contributed by atoms with Crippen LogP contribution in [0, 0.1) is 13.8 Å². The van der Waals surface area contributed by atoms with E-state index in [4.69, 9.17) is 4.74 Å². The lowest BCUT2D eigenvalue weighted by Crippen LogP contribution is -2.25. The van der Waals surface area contributed by atoms with Gasteiger partial charge in [-0.2, -0.15) is 0 Å². The summed E-state index contributed by atoms with van der Waals surface area (Å²) in [6, 6.07) is 2.93. The molecular weight excluding hydrogens is 344 g/mol. The number of methoxy groups -OCH3 is 1. The molecule has 0 bridgehead atoms. The molecule has 0 fully saturated rings. The Kier molecular flexibility index (Phi) is 4.20. The van der Waals surface area contributed by atoms with Crippen LogP contribution in [0.1, 0.15) is 45.3 Å². The number of aromatic amines is 1. The quantitative estimate of drug-likeness (QED) is 0.831. The molecule has 1 aromatic heterocycles. The molecular formula is C17H20N2O5S. The number of nitrogens with zero attached hydrogens (tertiary/aromatic N) is 1. The molecule has 0 saturated heterocycles. The molecule has 8 heteroatoms. The zero-order chi connectivity index (χ0) is 18.5. The van der Waals surface area contributed by atoms with E-state index >= 15 is 0 Å². The van der Waals surface area contributed by atoms with Crippen LogP contribution < -0.4 is 5.56 Å². The van der Waals surface area contributed by atoms with E-state index in [0.717, 1.165) is 0 Å². The summed E-state index contributed by atoms with van der Waals surface area (Å²) in [5.74, 6) is -0.402. The highest BCUT2D eigenvalue weighted by Crippen LogP contribution is 2.38. The van der Waals surface area contributed by atoms with Crippen molar-refractivity contribution in [2.75, 3.05) is 12.9 Å².